The van der Waals surface area contributed by atoms with Crippen molar-refractivity contribution in [1.82, 2.24) is 10.6 Å². The normalized spacial score (nSPS) is 32.5. The highest BCUT2D eigenvalue weighted by Gasteiger charge is 2.28. The number of hydrogen-bond acceptors (Lipinski definition) is 2. The minimum atomic E-state index is -0.704. The van der Waals surface area contributed by atoms with E-state index in [1.165, 1.54) is 12.8 Å². The Kier molecular flexibility index (Phi) is 6.09. The van der Waals surface area contributed by atoms with Crippen LogP contribution < -0.4 is 10.6 Å². The number of urea groups is 1. The number of aliphatic carboxylic acids is 1. The van der Waals surface area contributed by atoms with Crippen molar-refractivity contribution in [3.8, 4) is 0 Å². The van der Waals surface area contributed by atoms with E-state index in [-0.39, 0.29) is 18.0 Å². The third-order valence-corrected chi connectivity index (χ3v) is 5.46. The van der Waals surface area contributed by atoms with Crippen LogP contribution >= 0.6 is 0 Å². The standard InChI is InChI=1S/C17H30N2O3/c1-11(2)12-3-7-14(8-4-12)18-17(22)19-15-9-5-13(6-10-15)16(20)21/h11-15H,3-10H2,1-2H3,(H,20,21)(H2,18,19,22). The molecule has 0 aromatic carbocycles. The second-order valence-electron chi connectivity index (χ2n) is 7.36. The van der Waals surface area contributed by atoms with E-state index in [2.05, 4.69) is 24.5 Å². The van der Waals surface area contributed by atoms with Crippen LogP contribution in [-0.2, 0) is 4.79 Å². The van der Waals surface area contributed by atoms with Crippen molar-refractivity contribution in [2.45, 2.75) is 77.3 Å². The van der Waals surface area contributed by atoms with Crippen molar-refractivity contribution in [2.24, 2.45) is 17.8 Å². The number of carboxylic acids is 1. The van der Waals surface area contributed by atoms with Crippen LogP contribution in [0.4, 0.5) is 4.79 Å². The first kappa shape index (κ1) is 17.1. The Hall–Kier alpha value is -1.26. The zero-order valence-corrected chi connectivity index (χ0v) is 13.8. The van der Waals surface area contributed by atoms with Crippen LogP contribution in [0.15, 0.2) is 0 Å². The number of amides is 2. The number of carbonyl (C=O) groups is 2. The van der Waals surface area contributed by atoms with Gasteiger partial charge in [-0.2, -0.15) is 0 Å². The molecule has 3 N–H and O–H groups in total. The molecule has 0 spiro atoms. The van der Waals surface area contributed by atoms with Gasteiger partial charge in [-0.1, -0.05) is 13.8 Å². The SMILES string of the molecule is CC(C)C1CCC(NC(=O)NC2CCC(C(=O)O)CC2)CC1. The zero-order valence-electron chi connectivity index (χ0n) is 13.8. The lowest BCUT2D eigenvalue weighted by Gasteiger charge is -2.32. The Labute approximate surface area is 133 Å². The van der Waals surface area contributed by atoms with E-state index in [1.54, 1.807) is 0 Å². The first-order valence-electron chi connectivity index (χ1n) is 8.75. The highest BCUT2D eigenvalue weighted by Crippen LogP contribution is 2.30. The third kappa shape index (κ3) is 4.89. The van der Waals surface area contributed by atoms with Crippen LogP contribution in [-0.4, -0.2) is 29.2 Å². The van der Waals surface area contributed by atoms with Gasteiger partial charge < -0.3 is 15.7 Å². The summed E-state index contributed by atoms with van der Waals surface area (Å²) in [7, 11) is 0. The Balaban J connectivity index is 1.66. The van der Waals surface area contributed by atoms with Crippen molar-refractivity contribution in [1.29, 1.82) is 0 Å². The average molecular weight is 310 g/mol. The van der Waals surface area contributed by atoms with Crippen LogP contribution in [0.1, 0.15) is 65.2 Å². The summed E-state index contributed by atoms with van der Waals surface area (Å²) in [5, 5.41) is 15.1. The Morgan fingerprint density at radius 2 is 1.32 bits per heavy atom. The zero-order chi connectivity index (χ0) is 16.1. The largest absolute Gasteiger partial charge is 0.481 e. The molecule has 2 saturated carbocycles. The molecule has 0 aromatic rings. The van der Waals surface area contributed by atoms with Crippen LogP contribution in [0.2, 0.25) is 0 Å². The van der Waals surface area contributed by atoms with Gasteiger partial charge in [-0.05, 0) is 63.2 Å². The Bertz CT molecular complexity index is 381. The van der Waals surface area contributed by atoms with Gasteiger partial charge in [-0.15, -0.1) is 0 Å². The smallest absolute Gasteiger partial charge is 0.315 e. The summed E-state index contributed by atoms with van der Waals surface area (Å²) in [6, 6.07) is 0.347. The lowest BCUT2D eigenvalue weighted by Crippen LogP contribution is -2.48. The quantitative estimate of drug-likeness (QED) is 0.746. The maximum absolute atomic E-state index is 12.1. The molecule has 5 nitrogen and oxygen atoms in total. The molecule has 0 bridgehead atoms. The molecular weight excluding hydrogens is 280 g/mol. The van der Waals surface area contributed by atoms with E-state index in [1.807, 2.05) is 0 Å². The number of nitrogens with one attached hydrogen (secondary N) is 2. The van der Waals surface area contributed by atoms with Crippen molar-refractivity contribution >= 4 is 12.0 Å². The fourth-order valence-corrected chi connectivity index (χ4v) is 3.83. The lowest BCUT2D eigenvalue weighted by atomic mass is 9.80. The van der Waals surface area contributed by atoms with Gasteiger partial charge in [-0.25, -0.2) is 4.79 Å². The molecular formula is C17H30N2O3. The van der Waals surface area contributed by atoms with Gasteiger partial charge in [0.2, 0.25) is 0 Å². The fraction of sp³-hybridized carbons (Fsp3) is 0.882. The maximum atomic E-state index is 12.1. The summed E-state index contributed by atoms with van der Waals surface area (Å²) in [6.45, 7) is 4.55. The summed E-state index contributed by atoms with van der Waals surface area (Å²) >= 11 is 0. The van der Waals surface area contributed by atoms with Gasteiger partial charge in [0.15, 0.2) is 0 Å². The Morgan fingerprint density at radius 3 is 1.73 bits per heavy atom. The topological polar surface area (TPSA) is 78.4 Å². The average Bonchev–Trinajstić information content (AvgIpc) is 2.48. The third-order valence-electron chi connectivity index (χ3n) is 5.46. The van der Waals surface area contributed by atoms with E-state index in [0.29, 0.717) is 18.9 Å². The second kappa shape index (κ2) is 7.84. The molecule has 0 aliphatic heterocycles. The summed E-state index contributed by atoms with van der Waals surface area (Å²) in [4.78, 5) is 23.0. The molecule has 0 aromatic heterocycles. The van der Waals surface area contributed by atoms with Crippen LogP contribution in [0.25, 0.3) is 0 Å². The molecule has 0 unspecified atom stereocenters. The van der Waals surface area contributed by atoms with E-state index < -0.39 is 5.97 Å². The number of hydrogen-bond donors (Lipinski definition) is 3. The van der Waals surface area contributed by atoms with E-state index >= 15 is 0 Å². The predicted octanol–water partition coefficient (Wildman–Crippen LogP) is 3.14. The second-order valence-corrected chi connectivity index (χ2v) is 7.36. The lowest BCUT2D eigenvalue weighted by molar-refractivity contribution is -0.142. The first-order valence-corrected chi connectivity index (χ1v) is 8.75. The van der Waals surface area contributed by atoms with Gasteiger partial charge in [0.1, 0.15) is 0 Å². The Morgan fingerprint density at radius 1 is 0.864 bits per heavy atom. The number of rotatable bonds is 4. The van der Waals surface area contributed by atoms with Gasteiger partial charge in [-0.3, -0.25) is 4.79 Å². The van der Waals surface area contributed by atoms with Crippen LogP contribution in [0.5, 0.6) is 0 Å². The molecule has 0 radical (unpaired) electrons. The number of carbonyl (C=O) groups excluding carboxylic acids is 1. The summed E-state index contributed by atoms with van der Waals surface area (Å²) < 4.78 is 0. The fourth-order valence-electron chi connectivity index (χ4n) is 3.83. The monoisotopic (exact) mass is 310 g/mol. The maximum Gasteiger partial charge on any atom is 0.315 e. The molecule has 0 atom stereocenters. The van der Waals surface area contributed by atoms with Crippen molar-refractivity contribution < 1.29 is 14.7 Å². The van der Waals surface area contributed by atoms with Crippen LogP contribution in [0, 0.1) is 17.8 Å². The highest BCUT2D eigenvalue weighted by atomic mass is 16.4. The van der Waals surface area contributed by atoms with Crippen molar-refractivity contribution in [2.75, 3.05) is 0 Å². The van der Waals surface area contributed by atoms with Gasteiger partial charge in [0, 0.05) is 12.1 Å². The van der Waals surface area contributed by atoms with Crippen LogP contribution in [0.3, 0.4) is 0 Å². The molecule has 2 amide bonds. The van der Waals surface area contributed by atoms with Gasteiger partial charge >= 0.3 is 12.0 Å². The van der Waals surface area contributed by atoms with Crippen molar-refractivity contribution in [3.63, 3.8) is 0 Å². The molecule has 2 aliphatic rings. The predicted molar refractivity (Wildman–Crippen MR) is 85.6 cm³/mol. The van der Waals surface area contributed by atoms with E-state index in [4.69, 9.17) is 5.11 Å². The van der Waals surface area contributed by atoms with E-state index in [0.717, 1.165) is 37.5 Å². The summed E-state index contributed by atoms with van der Waals surface area (Å²) in [6.07, 6.45) is 7.41. The first-order chi connectivity index (χ1) is 10.5. The minimum absolute atomic E-state index is 0.0771. The molecule has 126 valence electrons. The van der Waals surface area contributed by atoms with Gasteiger partial charge in [0.05, 0.1) is 5.92 Å². The molecule has 5 heteroatoms. The number of carboxylic acid groups (broad SMARTS) is 1. The molecule has 2 rings (SSSR count). The molecule has 2 aliphatic carbocycles. The molecule has 22 heavy (non-hydrogen) atoms. The molecule has 2 fully saturated rings. The molecule has 0 heterocycles. The van der Waals surface area contributed by atoms with Crippen molar-refractivity contribution in [3.05, 3.63) is 0 Å². The summed E-state index contributed by atoms with van der Waals surface area (Å²) in [5.74, 6) is 0.601. The highest BCUT2D eigenvalue weighted by molar-refractivity contribution is 5.74. The van der Waals surface area contributed by atoms with Gasteiger partial charge in [0.25, 0.3) is 0 Å². The molecule has 0 saturated heterocycles. The summed E-state index contributed by atoms with van der Waals surface area (Å²) in [5.41, 5.74) is 0. The van der Waals surface area contributed by atoms with E-state index in [9.17, 15) is 9.59 Å². The minimum Gasteiger partial charge on any atom is -0.481 e.